The Kier molecular flexibility index (Phi) is 7.41. The normalized spacial score (nSPS) is 10.8. The number of benzene rings is 2. The molecule has 9 heteroatoms. The van der Waals surface area contributed by atoms with Gasteiger partial charge in [0.2, 0.25) is 4.77 Å². The average molecular weight is 453 g/mol. The van der Waals surface area contributed by atoms with Crippen LogP contribution in [0.5, 0.6) is 11.5 Å². The van der Waals surface area contributed by atoms with Gasteiger partial charge in [-0.25, -0.2) is 4.68 Å². The summed E-state index contributed by atoms with van der Waals surface area (Å²) in [5, 5.41) is 8.20. The van der Waals surface area contributed by atoms with Crippen molar-refractivity contribution in [2.75, 3.05) is 12.5 Å². The van der Waals surface area contributed by atoms with Crippen molar-refractivity contribution in [3.8, 4) is 11.5 Å². The Bertz CT molecular complexity index is 1020. The van der Waals surface area contributed by atoms with Gasteiger partial charge in [0.1, 0.15) is 6.61 Å². The maximum Gasteiger partial charge on any atom is 0.214 e. The lowest BCUT2D eigenvalue weighted by Gasteiger charge is -2.17. The lowest BCUT2D eigenvalue weighted by molar-refractivity contribution is 0.281. The van der Waals surface area contributed by atoms with Crippen molar-refractivity contribution in [2.45, 2.75) is 32.9 Å². The first-order chi connectivity index (χ1) is 14.0. The van der Waals surface area contributed by atoms with Crippen LogP contribution in [0, 0.1) is 4.77 Å². The molecule has 0 atom stereocenters. The molecular formula is C20H22Cl2N4O2S. The van der Waals surface area contributed by atoms with Crippen LogP contribution in [-0.4, -0.2) is 22.0 Å². The van der Waals surface area contributed by atoms with Crippen molar-refractivity contribution >= 4 is 35.4 Å². The van der Waals surface area contributed by atoms with E-state index in [0.29, 0.717) is 32.9 Å². The fourth-order valence-corrected chi connectivity index (χ4v) is 3.61. The molecule has 0 aliphatic heterocycles. The second-order valence-electron chi connectivity index (χ2n) is 6.30. The molecule has 0 fully saturated rings. The third kappa shape index (κ3) is 5.04. The predicted octanol–water partition coefficient (Wildman–Crippen LogP) is 5.53. The Morgan fingerprint density at radius 1 is 1.17 bits per heavy atom. The average Bonchev–Trinajstić information content (AvgIpc) is 3.06. The molecule has 2 aromatic carbocycles. The molecule has 0 aliphatic carbocycles. The Labute approximate surface area is 184 Å². The summed E-state index contributed by atoms with van der Waals surface area (Å²) in [5.41, 5.74) is 4.93. The van der Waals surface area contributed by atoms with Crippen molar-refractivity contribution in [1.29, 1.82) is 0 Å². The number of H-pyrrole nitrogens is 1. The largest absolute Gasteiger partial charge is 0.493 e. The molecule has 3 aromatic rings. The maximum absolute atomic E-state index is 6.27. The van der Waals surface area contributed by atoms with Crippen molar-refractivity contribution < 1.29 is 9.47 Å². The fraction of sp³-hybridized carbons (Fsp3) is 0.300. The van der Waals surface area contributed by atoms with Gasteiger partial charge < -0.3 is 14.9 Å². The van der Waals surface area contributed by atoms with Gasteiger partial charge in [-0.3, -0.25) is 5.10 Å². The summed E-state index contributed by atoms with van der Waals surface area (Å²) in [7, 11) is 1.60. The lowest BCUT2D eigenvalue weighted by Crippen LogP contribution is -2.18. The molecule has 0 spiro atoms. The number of aryl methyl sites for hydroxylation is 1. The number of aromatic nitrogens is 3. The zero-order valence-electron chi connectivity index (χ0n) is 16.2. The van der Waals surface area contributed by atoms with Gasteiger partial charge in [0, 0.05) is 27.6 Å². The summed E-state index contributed by atoms with van der Waals surface area (Å²) in [4.78, 5) is 0. The van der Waals surface area contributed by atoms with Crippen LogP contribution in [0.2, 0.25) is 10.0 Å². The van der Waals surface area contributed by atoms with Gasteiger partial charge in [-0.1, -0.05) is 48.3 Å². The topological polar surface area (TPSA) is 64.1 Å². The van der Waals surface area contributed by atoms with Crippen LogP contribution in [-0.2, 0) is 19.6 Å². The second-order valence-corrected chi connectivity index (χ2v) is 7.50. The van der Waals surface area contributed by atoms with Gasteiger partial charge >= 0.3 is 0 Å². The highest BCUT2D eigenvalue weighted by molar-refractivity contribution is 7.71. The van der Waals surface area contributed by atoms with Gasteiger partial charge in [0.15, 0.2) is 17.3 Å². The number of nitrogens with one attached hydrogen (secondary N) is 2. The SMILES string of the molecule is CCCc1n[nH]c(=S)n1NCc1cccc(OC)c1OCc1c(Cl)cccc1Cl. The second kappa shape index (κ2) is 10.0. The number of rotatable bonds is 9. The van der Waals surface area contributed by atoms with Gasteiger partial charge in [0.25, 0.3) is 0 Å². The highest BCUT2D eigenvalue weighted by Crippen LogP contribution is 2.33. The molecule has 1 heterocycles. The highest BCUT2D eigenvalue weighted by Gasteiger charge is 2.14. The minimum absolute atomic E-state index is 0.220. The third-order valence-corrected chi connectivity index (χ3v) is 5.33. The lowest BCUT2D eigenvalue weighted by atomic mass is 10.2. The van der Waals surface area contributed by atoms with Crippen molar-refractivity contribution in [3.63, 3.8) is 0 Å². The quantitative estimate of drug-likeness (QED) is 0.417. The zero-order chi connectivity index (χ0) is 20.8. The van der Waals surface area contributed by atoms with Crippen LogP contribution < -0.4 is 14.9 Å². The van der Waals surface area contributed by atoms with E-state index in [1.807, 2.05) is 18.2 Å². The number of nitrogens with zero attached hydrogens (tertiary/aromatic N) is 2. The number of methoxy groups -OCH3 is 1. The molecule has 0 bridgehead atoms. The Morgan fingerprint density at radius 3 is 2.59 bits per heavy atom. The standard InChI is InChI=1S/C20H22Cl2N4O2S/c1-3-6-18-24-25-20(29)26(18)23-11-13-7-4-10-17(27-2)19(13)28-12-14-15(21)8-5-9-16(14)22/h4-5,7-10,23H,3,6,11-12H2,1-2H3,(H,25,29). The van der Waals surface area contributed by atoms with Gasteiger partial charge in [0.05, 0.1) is 13.7 Å². The van der Waals surface area contributed by atoms with Crippen LogP contribution in [0.15, 0.2) is 36.4 Å². The molecular weight excluding hydrogens is 431 g/mol. The van der Waals surface area contributed by atoms with Crippen LogP contribution in [0.4, 0.5) is 0 Å². The first-order valence-electron chi connectivity index (χ1n) is 9.16. The Hall–Kier alpha value is -2.22. The zero-order valence-corrected chi connectivity index (χ0v) is 18.5. The van der Waals surface area contributed by atoms with Crippen molar-refractivity contribution in [2.24, 2.45) is 0 Å². The molecule has 2 N–H and O–H groups in total. The molecule has 0 radical (unpaired) electrons. The van der Waals surface area contributed by atoms with E-state index in [4.69, 9.17) is 44.9 Å². The minimum atomic E-state index is 0.220. The van der Waals surface area contributed by atoms with E-state index in [1.54, 1.807) is 30.0 Å². The van der Waals surface area contributed by atoms with Gasteiger partial charge in [-0.05, 0) is 36.8 Å². The molecule has 3 rings (SSSR count). The Morgan fingerprint density at radius 2 is 1.90 bits per heavy atom. The minimum Gasteiger partial charge on any atom is -0.493 e. The molecule has 0 aliphatic rings. The summed E-state index contributed by atoms with van der Waals surface area (Å²) in [6, 6.07) is 11.1. The van der Waals surface area contributed by atoms with Gasteiger partial charge in [-0.2, -0.15) is 5.10 Å². The Balaban J connectivity index is 1.83. The van der Waals surface area contributed by atoms with E-state index in [2.05, 4.69) is 22.5 Å². The summed E-state index contributed by atoms with van der Waals surface area (Å²) in [5.74, 6) is 2.09. The number of halogens is 2. The molecule has 0 amide bonds. The van der Waals surface area contributed by atoms with Crippen LogP contribution >= 0.6 is 35.4 Å². The number of aromatic amines is 1. The van der Waals surface area contributed by atoms with Crippen LogP contribution in [0.3, 0.4) is 0 Å². The van der Waals surface area contributed by atoms with Crippen molar-refractivity contribution in [3.05, 3.63) is 68.2 Å². The number of para-hydroxylation sites is 1. The molecule has 0 unspecified atom stereocenters. The van der Waals surface area contributed by atoms with E-state index in [1.165, 1.54) is 0 Å². The third-order valence-electron chi connectivity index (χ3n) is 4.35. The highest BCUT2D eigenvalue weighted by atomic mass is 35.5. The van der Waals surface area contributed by atoms with E-state index >= 15 is 0 Å². The molecule has 1 aromatic heterocycles. The van der Waals surface area contributed by atoms with Crippen LogP contribution in [0.1, 0.15) is 30.3 Å². The smallest absolute Gasteiger partial charge is 0.214 e. The number of hydrogen-bond acceptors (Lipinski definition) is 5. The van der Waals surface area contributed by atoms with Crippen molar-refractivity contribution in [1.82, 2.24) is 14.9 Å². The predicted molar refractivity (Wildman–Crippen MR) is 118 cm³/mol. The van der Waals surface area contributed by atoms with E-state index in [0.717, 1.165) is 29.8 Å². The van der Waals surface area contributed by atoms with Gasteiger partial charge in [-0.15, -0.1) is 0 Å². The summed E-state index contributed by atoms with van der Waals surface area (Å²) in [6.45, 7) is 2.78. The van der Waals surface area contributed by atoms with E-state index in [-0.39, 0.29) is 6.61 Å². The summed E-state index contributed by atoms with van der Waals surface area (Å²) < 4.78 is 13.9. The van der Waals surface area contributed by atoms with E-state index < -0.39 is 0 Å². The maximum atomic E-state index is 6.27. The summed E-state index contributed by atoms with van der Waals surface area (Å²) in [6.07, 6.45) is 1.78. The molecule has 29 heavy (non-hydrogen) atoms. The number of ether oxygens (including phenoxy) is 2. The van der Waals surface area contributed by atoms with Crippen LogP contribution in [0.25, 0.3) is 0 Å². The first-order valence-corrected chi connectivity index (χ1v) is 10.3. The molecule has 154 valence electrons. The summed E-state index contributed by atoms with van der Waals surface area (Å²) >= 11 is 17.9. The first kappa shape index (κ1) is 21.5. The molecule has 0 saturated heterocycles. The monoisotopic (exact) mass is 452 g/mol. The molecule has 0 saturated carbocycles. The number of hydrogen-bond donors (Lipinski definition) is 2. The van der Waals surface area contributed by atoms with E-state index in [9.17, 15) is 0 Å². The fourth-order valence-electron chi connectivity index (χ4n) is 2.89. The molecule has 6 nitrogen and oxygen atoms in total.